The Morgan fingerprint density at radius 1 is 1.00 bits per heavy atom. The summed E-state index contributed by atoms with van der Waals surface area (Å²) in [5, 5.41) is 6.57. The van der Waals surface area contributed by atoms with Crippen LogP contribution in [0.5, 0.6) is 17.2 Å². The first-order valence-electron chi connectivity index (χ1n) is 8.06. The lowest BCUT2D eigenvalue weighted by Gasteiger charge is -2.17. The smallest absolute Gasteiger partial charge is 0.191 e. The summed E-state index contributed by atoms with van der Waals surface area (Å²) in [5.41, 5.74) is 0.902. The molecule has 0 unspecified atom stereocenters. The Morgan fingerprint density at radius 2 is 1.62 bits per heavy atom. The highest BCUT2D eigenvalue weighted by Crippen LogP contribution is 2.33. The maximum absolute atomic E-state index is 5.46. The molecule has 1 aromatic heterocycles. The van der Waals surface area contributed by atoms with Gasteiger partial charge in [0.1, 0.15) is 17.2 Å². The molecule has 0 atom stereocenters. The highest BCUT2D eigenvalue weighted by atomic mass is 127. The first kappa shape index (κ1) is 21.9. The van der Waals surface area contributed by atoms with Crippen LogP contribution in [0.2, 0.25) is 0 Å². The van der Waals surface area contributed by atoms with Gasteiger partial charge in [0, 0.05) is 44.7 Å². The standard InChI is InChI=1S/C18H26N4O3.HI/c1-19-18(20-7-10-22-8-5-6-9-22)21-13-15-16(24-3)11-14(23-2)12-17(15)25-4;/h5-6,8-9,11-12H,7,10,13H2,1-4H3,(H2,19,20,21);1H. The lowest BCUT2D eigenvalue weighted by Crippen LogP contribution is -2.38. The van der Waals surface area contributed by atoms with Gasteiger partial charge in [-0.1, -0.05) is 0 Å². The monoisotopic (exact) mass is 474 g/mol. The fourth-order valence-electron chi connectivity index (χ4n) is 2.47. The van der Waals surface area contributed by atoms with Crippen molar-refractivity contribution < 1.29 is 14.2 Å². The van der Waals surface area contributed by atoms with Crippen molar-refractivity contribution in [2.75, 3.05) is 34.9 Å². The molecule has 144 valence electrons. The summed E-state index contributed by atoms with van der Waals surface area (Å²) in [5.74, 6) is 2.80. The van der Waals surface area contributed by atoms with E-state index >= 15 is 0 Å². The van der Waals surface area contributed by atoms with E-state index in [9.17, 15) is 0 Å². The van der Waals surface area contributed by atoms with Gasteiger partial charge >= 0.3 is 0 Å². The van der Waals surface area contributed by atoms with E-state index in [0.29, 0.717) is 29.8 Å². The van der Waals surface area contributed by atoms with E-state index in [1.165, 1.54) is 0 Å². The van der Waals surface area contributed by atoms with Crippen LogP contribution < -0.4 is 24.8 Å². The van der Waals surface area contributed by atoms with Crippen LogP contribution in [0.25, 0.3) is 0 Å². The zero-order valence-corrected chi connectivity index (χ0v) is 17.9. The van der Waals surface area contributed by atoms with Gasteiger partial charge in [-0.05, 0) is 12.1 Å². The summed E-state index contributed by atoms with van der Waals surface area (Å²) in [6.07, 6.45) is 4.07. The van der Waals surface area contributed by atoms with Crippen LogP contribution in [-0.4, -0.2) is 45.4 Å². The summed E-state index contributed by atoms with van der Waals surface area (Å²) in [7, 11) is 6.61. The molecule has 1 heterocycles. The molecular weight excluding hydrogens is 447 g/mol. The Kier molecular flexibility index (Phi) is 9.71. The molecule has 2 rings (SSSR count). The number of benzene rings is 1. The predicted molar refractivity (Wildman–Crippen MR) is 114 cm³/mol. The van der Waals surface area contributed by atoms with Crippen molar-refractivity contribution in [2.24, 2.45) is 4.99 Å². The van der Waals surface area contributed by atoms with Gasteiger partial charge in [-0.2, -0.15) is 0 Å². The summed E-state index contributed by atoms with van der Waals surface area (Å²) in [6.45, 7) is 2.15. The molecular formula is C18H27IN4O3. The maximum atomic E-state index is 5.46. The second-order valence-corrected chi connectivity index (χ2v) is 5.28. The van der Waals surface area contributed by atoms with Gasteiger partial charge in [0.2, 0.25) is 0 Å². The number of rotatable bonds is 8. The van der Waals surface area contributed by atoms with Crippen LogP contribution in [0.3, 0.4) is 0 Å². The van der Waals surface area contributed by atoms with Gasteiger partial charge in [-0.3, -0.25) is 4.99 Å². The fourth-order valence-corrected chi connectivity index (χ4v) is 2.47. The first-order valence-corrected chi connectivity index (χ1v) is 8.06. The van der Waals surface area contributed by atoms with Crippen LogP contribution >= 0.6 is 24.0 Å². The summed E-state index contributed by atoms with van der Waals surface area (Å²) >= 11 is 0. The third-order valence-electron chi connectivity index (χ3n) is 3.80. The Hall–Kier alpha value is -2.10. The summed E-state index contributed by atoms with van der Waals surface area (Å²) in [4.78, 5) is 4.25. The number of guanidine groups is 1. The van der Waals surface area contributed by atoms with Crippen molar-refractivity contribution in [1.29, 1.82) is 0 Å². The lowest BCUT2D eigenvalue weighted by atomic mass is 10.1. The molecule has 0 saturated heterocycles. The minimum atomic E-state index is 0. The Balaban J connectivity index is 0.00000338. The quantitative estimate of drug-likeness (QED) is 0.350. The van der Waals surface area contributed by atoms with Gasteiger partial charge in [-0.25, -0.2) is 0 Å². The number of halogens is 1. The summed E-state index contributed by atoms with van der Waals surface area (Å²) < 4.78 is 18.3. The normalized spacial score (nSPS) is 10.7. The average molecular weight is 474 g/mol. The third-order valence-corrected chi connectivity index (χ3v) is 3.80. The molecule has 0 aliphatic heterocycles. The molecule has 0 aliphatic rings. The predicted octanol–water partition coefficient (Wildman–Crippen LogP) is 2.50. The van der Waals surface area contributed by atoms with E-state index < -0.39 is 0 Å². The van der Waals surface area contributed by atoms with Crippen molar-refractivity contribution >= 4 is 29.9 Å². The Morgan fingerprint density at radius 3 is 2.12 bits per heavy atom. The minimum absolute atomic E-state index is 0. The highest BCUT2D eigenvalue weighted by molar-refractivity contribution is 14.0. The molecule has 0 amide bonds. The van der Waals surface area contributed by atoms with Gasteiger partial charge in [0.05, 0.1) is 33.4 Å². The number of aromatic nitrogens is 1. The zero-order valence-electron chi connectivity index (χ0n) is 15.6. The van der Waals surface area contributed by atoms with Crippen molar-refractivity contribution in [1.82, 2.24) is 15.2 Å². The SMILES string of the molecule is CN=C(NCCn1cccc1)NCc1c(OC)cc(OC)cc1OC.I. The first-order chi connectivity index (χ1) is 12.2. The molecule has 7 nitrogen and oxygen atoms in total. The van der Waals surface area contributed by atoms with Crippen molar-refractivity contribution in [3.05, 3.63) is 42.2 Å². The molecule has 0 fully saturated rings. The lowest BCUT2D eigenvalue weighted by molar-refractivity contribution is 0.368. The van der Waals surface area contributed by atoms with E-state index in [1.807, 2.05) is 36.7 Å². The largest absolute Gasteiger partial charge is 0.496 e. The number of hydrogen-bond donors (Lipinski definition) is 2. The van der Waals surface area contributed by atoms with Crippen LogP contribution in [0.15, 0.2) is 41.7 Å². The summed E-state index contributed by atoms with van der Waals surface area (Å²) in [6, 6.07) is 7.69. The van der Waals surface area contributed by atoms with Crippen LogP contribution in [0, 0.1) is 0 Å². The van der Waals surface area contributed by atoms with Gasteiger partial charge in [-0.15, -0.1) is 24.0 Å². The van der Waals surface area contributed by atoms with Crippen LogP contribution in [-0.2, 0) is 13.1 Å². The van der Waals surface area contributed by atoms with Gasteiger partial charge < -0.3 is 29.4 Å². The number of hydrogen-bond acceptors (Lipinski definition) is 4. The molecule has 0 radical (unpaired) electrons. The molecule has 0 spiro atoms. The minimum Gasteiger partial charge on any atom is -0.496 e. The van der Waals surface area contributed by atoms with Crippen molar-refractivity contribution in [3.8, 4) is 17.2 Å². The van der Waals surface area contributed by atoms with E-state index in [2.05, 4.69) is 20.2 Å². The van der Waals surface area contributed by atoms with Crippen molar-refractivity contribution in [2.45, 2.75) is 13.1 Å². The molecule has 2 aromatic rings. The van der Waals surface area contributed by atoms with E-state index in [1.54, 1.807) is 28.4 Å². The number of aliphatic imine (C=N–C) groups is 1. The van der Waals surface area contributed by atoms with E-state index in [0.717, 1.165) is 18.7 Å². The second-order valence-electron chi connectivity index (χ2n) is 5.28. The van der Waals surface area contributed by atoms with Gasteiger partial charge in [0.25, 0.3) is 0 Å². The molecule has 0 saturated carbocycles. The molecule has 8 heteroatoms. The molecule has 2 N–H and O–H groups in total. The van der Waals surface area contributed by atoms with Gasteiger partial charge in [0.15, 0.2) is 5.96 Å². The topological polar surface area (TPSA) is 69.0 Å². The Labute approximate surface area is 171 Å². The maximum Gasteiger partial charge on any atom is 0.191 e. The number of nitrogens with zero attached hydrogens (tertiary/aromatic N) is 2. The number of ether oxygens (including phenoxy) is 3. The molecule has 0 aliphatic carbocycles. The number of methoxy groups -OCH3 is 3. The Bertz CT molecular complexity index is 665. The van der Waals surface area contributed by atoms with Crippen molar-refractivity contribution in [3.63, 3.8) is 0 Å². The molecule has 0 bridgehead atoms. The van der Waals surface area contributed by atoms with E-state index in [4.69, 9.17) is 14.2 Å². The fraction of sp³-hybridized carbons (Fsp3) is 0.389. The highest BCUT2D eigenvalue weighted by Gasteiger charge is 2.13. The number of nitrogens with one attached hydrogen (secondary N) is 2. The molecule has 1 aromatic carbocycles. The average Bonchev–Trinajstić information content (AvgIpc) is 3.17. The zero-order chi connectivity index (χ0) is 18.1. The van der Waals surface area contributed by atoms with E-state index in [-0.39, 0.29) is 24.0 Å². The van der Waals surface area contributed by atoms with Crippen LogP contribution in [0.4, 0.5) is 0 Å². The second kappa shape index (κ2) is 11.5. The van der Waals surface area contributed by atoms with Crippen LogP contribution in [0.1, 0.15) is 5.56 Å². The third kappa shape index (κ3) is 6.01. The molecule has 26 heavy (non-hydrogen) atoms.